The fourth-order valence-electron chi connectivity index (χ4n) is 1.40. The maximum absolute atomic E-state index is 12.1. The zero-order valence-corrected chi connectivity index (χ0v) is 9.30. The Morgan fingerprint density at radius 2 is 2.06 bits per heavy atom. The number of ketones is 1. The number of aryl methyl sites for hydroxylation is 1. The molecule has 0 radical (unpaired) electrons. The van der Waals surface area contributed by atoms with Gasteiger partial charge in [-0.3, -0.25) is 4.79 Å². The van der Waals surface area contributed by atoms with E-state index in [2.05, 4.69) is 4.74 Å². The van der Waals surface area contributed by atoms with Gasteiger partial charge in [-0.05, 0) is 24.1 Å². The molecule has 4 heteroatoms. The summed E-state index contributed by atoms with van der Waals surface area (Å²) in [6, 6.07) is 4.72. The van der Waals surface area contributed by atoms with Crippen LogP contribution < -0.4 is 4.74 Å². The molecule has 2 nitrogen and oxygen atoms in total. The lowest BCUT2D eigenvalue weighted by Gasteiger charge is -2.10. The molecule has 0 aliphatic heterocycles. The van der Waals surface area contributed by atoms with Crippen LogP contribution in [0.3, 0.4) is 0 Å². The minimum Gasteiger partial charge on any atom is -0.434 e. The van der Waals surface area contributed by atoms with Gasteiger partial charge in [-0.1, -0.05) is 19.9 Å². The van der Waals surface area contributed by atoms with E-state index < -0.39 is 6.61 Å². The van der Waals surface area contributed by atoms with Crippen molar-refractivity contribution in [3.8, 4) is 5.75 Å². The number of hydrogen-bond acceptors (Lipinski definition) is 2. The first-order chi connectivity index (χ1) is 7.58. The highest BCUT2D eigenvalue weighted by Gasteiger charge is 2.14. The number of benzene rings is 1. The molecule has 0 aromatic heterocycles. The third kappa shape index (κ3) is 3.02. The van der Waals surface area contributed by atoms with Gasteiger partial charge in [0.1, 0.15) is 5.75 Å². The Labute approximate surface area is 93.2 Å². The Bertz CT molecular complexity index is 375. The number of carbonyl (C=O) groups excluding carboxylic acids is 1. The molecule has 0 bridgehead atoms. The number of Topliss-reactive ketones (excluding diaryl/α,β-unsaturated/α-hetero) is 1. The second-order valence-corrected chi connectivity index (χ2v) is 3.34. The van der Waals surface area contributed by atoms with Crippen molar-refractivity contribution in [3.63, 3.8) is 0 Å². The van der Waals surface area contributed by atoms with Crippen molar-refractivity contribution in [2.45, 2.75) is 33.3 Å². The molecule has 0 fully saturated rings. The van der Waals surface area contributed by atoms with Crippen LogP contribution in [0, 0.1) is 0 Å². The molecule has 0 N–H and O–H groups in total. The fraction of sp³-hybridized carbons (Fsp3) is 0.417. The molecule has 0 unspecified atom stereocenters. The summed E-state index contributed by atoms with van der Waals surface area (Å²) in [6.07, 6.45) is 1.02. The van der Waals surface area contributed by atoms with Gasteiger partial charge in [-0.25, -0.2) is 0 Å². The molecular weight excluding hydrogens is 214 g/mol. The van der Waals surface area contributed by atoms with Gasteiger partial charge >= 0.3 is 6.61 Å². The van der Waals surface area contributed by atoms with Crippen molar-refractivity contribution in [3.05, 3.63) is 29.3 Å². The fourth-order valence-corrected chi connectivity index (χ4v) is 1.40. The lowest BCUT2D eigenvalue weighted by atomic mass is 10.0. The topological polar surface area (TPSA) is 26.3 Å². The van der Waals surface area contributed by atoms with E-state index in [-0.39, 0.29) is 23.5 Å². The van der Waals surface area contributed by atoms with E-state index >= 15 is 0 Å². The summed E-state index contributed by atoms with van der Waals surface area (Å²) in [5.41, 5.74) is 1.17. The maximum atomic E-state index is 12.1. The van der Waals surface area contributed by atoms with Gasteiger partial charge in [0.2, 0.25) is 0 Å². The van der Waals surface area contributed by atoms with Crippen LogP contribution in [0.25, 0.3) is 0 Å². The molecule has 0 aliphatic carbocycles. The van der Waals surface area contributed by atoms with E-state index in [0.717, 1.165) is 12.0 Å². The molecule has 1 aromatic rings. The Hall–Kier alpha value is -1.45. The zero-order chi connectivity index (χ0) is 12.1. The third-order valence-electron chi connectivity index (χ3n) is 2.29. The summed E-state index contributed by atoms with van der Waals surface area (Å²) in [6.45, 7) is 0.715. The van der Waals surface area contributed by atoms with E-state index in [1.807, 2.05) is 6.92 Å². The van der Waals surface area contributed by atoms with Crippen LogP contribution in [0.4, 0.5) is 8.78 Å². The van der Waals surface area contributed by atoms with Gasteiger partial charge < -0.3 is 4.74 Å². The molecule has 0 saturated carbocycles. The SMILES string of the molecule is CCC(=O)c1cc(CC)ccc1OC(F)F. The van der Waals surface area contributed by atoms with Crippen LogP contribution in [0.5, 0.6) is 5.75 Å². The quantitative estimate of drug-likeness (QED) is 0.721. The molecule has 0 heterocycles. The number of rotatable bonds is 5. The third-order valence-corrected chi connectivity index (χ3v) is 2.29. The molecule has 1 aromatic carbocycles. The molecule has 16 heavy (non-hydrogen) atoms. The molecule has 88 valence electrons. The van der Waals surface area contributed by atoms with Crippen molar-refractivity contribution < 1.29 is 18.3 Å². The summed E-state index contributed by atoms with van der Waals surface area (Å²) >= 11 is 0. The number of hydrogen-bond donors (Lipinski definition) is 0. The Balaban J connectivity index is 3.11. The number of ether oxygens (including phenoxy) is 1. The average Bonchev–Trinajstić information content (AvgIpc) is 2.28. The van der Waals surface area contributed by atoms with E-state index in [0.29, 0.717) is 0 Å². The number of halogens is 2. The van der Waals surface area contributed by atoms with Crippen LogP contribution >= 0.6 is 0 Å². The van der Waals surface area contributed by atoms with E-state index in [1.165, 1.54) is 6.07 Å². The second kappa shape index (κ2) is 5.58. The first kappa shape index (κ1) is 12.6. The molecule has 0 atom stereocenters. The van der Waals surface area contributed by atoms with Gasteiger partial charge in [0.25, 0.3) is 0 Å². The van der Waals surface area contributed by atoms with Gasteiger partial charge in [0.05, 0.1) is 5.56 Å². The summed E-state index contributed by atoms with van der Waals surface area (Å²) in [4.78, 5) is 11.6. The van der Waals surface area contributed by atoms with E-state index in [1.54, 1.807) is 19.1 Å². The normalized spacial score (nSPS) is 10.6. The minimum absolute atomic E-state index is 0.0425. The van der Waals surface area contributed by atoms with Crippen LogP contribution in [0.1, 0.15) is 36.2 Å². The first-order valence-corrected chi connectivity index (χ1v) is 5.19. The van der Waals surface area contributed by atoms with Gasteiger partial charge in [0.15, 0.2) is 5.78 Å². The highest BCUT2D eigenvalue weighted by molar-refractivity contribution is 5.98. The van der Waals surface area contributed by atoms with E-state index in [4.69, 9.17) is 0 Å². The maximum Gasteiger partial charge on any atom is 0.387 e. The molecular formula is C12H14F2O2. The number of carbonyl (C=O) groups is 1. The summed E-state index contributed by atoms with van der Waals surface area (Å²) in [5.74, 6) is -0.231. The molecule has 0 amide bonds. The molecule has 0 aliphatic rings. The zero-order valence-electron chi connectivity index (χ0n) is 9.30. The van der Waals surface area contributed by atoms with Crippen LogP contribution in [-0.4, -0.2) is 12.4 Å². The predicted molar refractivity (Wildman–Crippen MR) is 57.1 cm³/mol. The standard InChI is InChI=1S/C12H14F2O2/c1-3-8-5-6-11(16-12(13)14)9(7-8)10(15)4-2/h5-7,12H,3-4H2,1-2H3. The molecule has 0 saturated heterocycles. The molecule has 1 rings (SSSR count). The highest BCUT2D eigenvalue weighted by atomic mass is 19.3. The summed E-state index contributed by atoms with van der Waals surface area (Å²) in [5, 5.41) is 0. The summed E-state index contributed by atoms with van der Waals surface area (Å²) in [7, 11) is 0. The smallest absolute Gasteiger partial charge is 0.387 e. The van der Waals surface area contributed by atoms with Crippen LogP contribution in [0.2, 0.25) is 0 Å². The second-order valence-electron chi connectivity index (χ2n) is 3.34. The monoisotopic (exact) mass is 228 g/mol. The Morgan fingerprint density at radius 3 is 2.56 bits per heavy atom. The predicted octanol–water partition coefficient (Wildman–Crippen LogP) is 3.44. The van der Waals surface area contributed by atoms with Gasteiger partial charge in [-0.2, -0.15) is 8.78 Å². The van der Waals surface area contributed by atoms with E-state index in [9.17, 15) is 13.6 Å². The van der Waals surface area contributed by atoms with Crippen LogP contribution in [0.15, 0.2) is 18.2 Å². The van der Waals surface area contributed by atoms with Gasteiger partial charge in [-0.15, -0.1) is 0 Å². The minimum atomic E-state index is -2.91. The van der Waals surface area contributed by atoms with Crippen molar-refractivity contribution >= 4 is 5.78 Å². The molecule has 0 spiro atoms. The van der Waals surface area contributed by atoms with Crippen molar-refractivity contribution in [1.29, 1.82) is 0 Å². The van der Waals surface area contributed by atoms with Crippen LogP contribution in [-0.2, 0) is 6.42 Å². The largest absolute Gasteiger partial charge is 0.434 e. The summed E-state index contributed by atoms with van der Waals surface area (Å²) < 4.78 is 28.5. The Kier molecular flexibility index (Phi) is 4.40. The highest BCUT2D eigenvalue weighted by Crippen LogP contribution is 2.23. The van der Waals surface area contributed by atoms with Crippen molar-refractivity contribution in [2.24, 2.45) is 0 Å². The van der Waals surface area contributed by atoms with Crippen molar-refractivity contribution in [1.82, 2.24) is 0 Å². The Morgan fingerprint density at radius 1 is 1.38 bits per heavy atom. The van der Waals surface area contributed by atoms with Crippen molar-refractivity contribution in [2.75, 3.05) is 0 Å². The average molecular weight is 228 g/mol. The lowest BCUT2D eigenvalue weighted by Crippen LogP contribution is -2.08. The first-order valence-electron chi connectivity index (χ1n) is 5.19. The number of alkyl halides is 2. The lowest BCUT2D eigenvalue weighted by molar-refractivity contribution is -0.0501. The van der Waals surface area contributed by atoms with Gasteiger partial charge in [0, 0.05) is 6.42 Å².